The highest BCUT2D eigenvalue weighted by Gasteiger charge is 2.08. The number of thiazole rings is 1. The average Bonchev–Trinajstić information content (AvgIpc) is 2.64. The quantitative estimate of drug-likeness (QED) is 0.812. The summed E-state index contributed by atoms with van der Waals surface area (Å²) in [4.78, 5) is 6.88. The second-order valence-electron chi connectivity index (χ2n) is 5.42. The number of rotatable bonds is 7. The predicted molar refractivity (Wildman–Crippen MR) is 76.8 cm³/mol. The second kappa shape index (κ2) is 6.97. The van der Waals surface area contributed by atoms with Crippen molar-refractivity contribution in [2.24, 2.45) is 11.8 Å². The molecule has 0 atom stereocenters. The van der Waals surface area contributed by atoms with Gasteiger partial charge in [0.2, 0.25) is 0 Å². The van der Waals surface area contributed by atoms with Crippen molar-refractivity contribution >= 4 is 16.5 Å². The second-order valence-corrected chi connectivity index (χ2v) is 6.26. The molecule has 1 rings (SSSR count). The molecule has 0 saturated carbocycles. The lowest BCUT2D eigenvalue weighted by atomic mass is 10.2. The molecule has 1 heterocycles. The minimum atomic E-state index is 0.673. The first kappa shape index (κ1) is 14.5. The minimum absolute atomic E-state index is 0.673. The molecule has 4 heteroatoms. The Hall–Kier alpha value is -0.610. The van der Waals surface area contributed by atoms with Gasteiger partial charge in [0.1, 0.15) is 0 Å². The van der Waals surface area contributed by atoms with Gasteiger partial charge in [0.25, 0.3) is 0 Å². The van der Waals surface area contributed by atoms with Crippen molar-refractivity contribution in [3.8, 4) is 0 Å². The topological polar surface area (TPSA) is 28.2 Å². The van der Waals surface area contributed by atoms with E-state index in [2.05, 4.69) is 55.3 Å². The Labute approximate surface area is 109 Å². The van der Waals surface area contributed by atoms with E-state index in [9.17, 15) is 0 Å². The van der Waals surface area contributed by atoms with Crippen LogP contribution in [0, 0.1) is 11.8 Å². The summed E-state index contributed by atoms with van der Waals surface area (Å²) >= 11 is 1.73. The smallest absolute Gasteiger partial charge is 0.185 e. The van der Waals surface area contributed by atoms with Crippen molar-refractivity contribution in [2.75, 3.05) is 25.0 Å². The van der Waals surface area contributed by atoms with Crippen LogP contribution in [0.25, 0.3) is 0 Å². The van der Waals surface area contributed by atoms with E-state index in [0.717, 1.165) is 30.5 Å². The fourth-order valence-electron chi connectivity index (χ4n) is 1.67. The molecule has 0 spiro atoms. The third-order valence-corrected chi connectivity index (χ3v) is 3.37. The third kappa shape index (κ3) is 5.50. The molecule has 0 aliphatic rings. The van der Waals surface area contributed by atoms with Gasteiger partial charge >= 0.3 is 0 Å². The molecule has 1 N–H and O–H groups in total. The average molecular weight is 255 g/mol. The van der Waals surface area contributed by atoms with Crippen molar-refractivity contribution in [1.82, 2.24) is 10.3 Å². The molecule has 0 aliphatic heterocycles. The summed E-state index contributed by atoms with van der Waals surface area (Å²) < 4.78 is 0. The first-order chi connectivity index (χ1) is 7.99. The zero-order valence-electron chi connectivity index (χ0n) is 11.7. The van der Waals surface area contributed by atoms with Gasteiger partial charge in [0.05, 0.1) is 5.69 Å². The summed E-state index contributed by atoms with van der Waals surface area (Å²) in [6, 6.07) is 0. The Morgan fingerprint density at radius 1 is 1.29 bits per heavy atom. The summed E-state index contributed by atoms with van der Waals surface area (Å²) in [5.74, 6) is 1.36. The van der Waals surface area contributed by atoms with E-state index in [1.54, 1.807) is 11.3 Å². The molecular formula is C13H25N3S. The maximum atomic E-state index is 4.64. The summed E-state index contributed by atoms with van der Waals surface area (Å²) in [5, 5.41) is 6.70. The van der Waals surface area contributed by atoms with Gasteiger partial charge in [-0.05, 0) is 18.4 Å². The molecule has 0 saturated heterocycles. The molecule has 0 bridgehead atoms. The Morgan fingerprint density at radius 3 is 2.59 bits per heavy atom. The summed E-state index contributed by atoms with van der Waals surface area (Å²) in [5.41, 5.74) is 1.15. The molecule has 3 nitrogen and oxygen atoms in total. The SMILES string of the molecule is CC(C)CNCc1csc(N(C)CC(C)C)n1. The number of hydrogen-bond acceptors (Lipinski definition) is 4. The van der Waals surface area contributed by atoms with E-state index < -0.39 is 0 Å². The first-order valence-corrected chi connectivity index (χ1v) is 7.23. The van der Waals surface area contributed by atoms with Crippen LogP contribution >= 0.6 is 11.3 Å². The number of anilines is 1. The normalized spacial score (nSPS) is 11.5. The number of nitrogens with zero attached hydrogens (tertiary/aromatic N) is 2. The van der Waals surface area contributed by atoms with Crippen LogP contribution in [-0.4, -0.2) is 25.1 Å². The largest absolute Gasteiger partial charge is 0.351 e. The van der Waals surface area contributed by atoms with E-state index in [0.29, 0.717) is 11.8 Å². The van der Waals surface area contributed by atoms with Gasteiger partial charge in [-0.1, -0.05) is 27.7 Å². The van der Waals surface area contributed by atoms with Gasteiger partial charge < -0.3 is 10.2 Å². The number of aromatic nitrogens is 1. The van der Waals surface area contributed by atoms with E-state index in [-0.39, 0.29) is 0 Å². The molecule has 98 valence electrons. The Bertz CT molecular complexity index is 320. The van der Waals surface area contributed by atoms with E-state index in [1.807, 2.05) is 0 Å². The van der Waals surface area contributed by atoms with Gasteiger partial charge in [0, 0.05) is 25.5 Å². The molecule has 1 aromatic rings. The summed E-state index contributed by atoms with van der Waals surface area (Å²) in [7, 11) is 2.12. The highest BCUT2D eigenvalue weighted by atomic mass is 32.1. The fraction of sp³-hybridized carbons (Fsp3) is 0.769. The van der Waals surface area contributed by atoms with Gasteiger partial charge in [-0.25, -0.2) is 4.98 Å². The maximum Gasteiger partial charge on any atom is 0.185 e. The van der Waals surface area contributed by atoms with Crippen molar-refractivity contribution in [2.45, 2.75) is 34.2 Å². The molecule has 17 heavy (non-hydrogen) atoms. The molecule has 1 aromatic heterocycles. The third-order valence-electron chi connectivity index (χ3n) is 2.36. The monoisotopic (exact) mass is 255 g/mol. The van der Waals surface area contributed by atoms with Crippen LogP contribution in [0.5, 0.6) is 0 Å². The van der Waals surface area contributed by atoms with E-state index in [1.165, 1.54) is 0 Å². The van der Waals surface area contributed by atoms with Crippen LogP contribution in [0.4, 0.5) is 5.13 Å². The maximum absolute atomic E-state index is 4.64. The Kier molecular flexibility index (Phi) is 5.92. The lowest BCUT2D eigenvalue weighted by molar-refractivity contribution is 0.549. The molecule has 0 radical (unpaired) electrons. The van der Waals surface area contributed by atoms with Gasteiger partial charge in [0.15, 0.2) is 5.13 Å². The van der Waals surface area contributed by atoms with Crippen LogP contribution in [0.1, 0.15) is 33.4 Å². The highest BCUT2D eigenvalue weighted by molar-refractivity contribution is 7.13. The van der Waals surface area contributed by atoms with Crippen molar-refractivity contribution in [3.63, 3.8) is 0 Å². The molecule has 0 unspecified atom stereocenters. The van der Waals surface area contributed by atoms with Crippen LogP contribution in [0.2, 0.25) is 0 Å². The zero-order valence-corrected chi connectivity index (χ0v) is 12.5. The van der Waals surface area contributed by atoms with Crippen molar-refractivity contribution in [3.05, 3.63) is 11.1 Å². The van der Waals surface area contributed by atoms with Gasteiger partial charge in [-0.3, -0.25) is 0 Å². The lowest BCUT2D eigenvalue weighted by Crippen LogP contribution is -2.22. The molecule has 0 amide bonds. The fourth-order valence-corrected chi connectivity index (χ4v) is 2.47. The lowest BCUT2D eigenvalue weighted by Gasteiger charge is -2.17. The molecular weight excluding hydrogens is 230 g/mol. The number of nitrogens with one attached hydrogen (secondary N) is 1. The summed E-state index contributed by atoms with van der Waals surface area (Å²) in [6.07, 6.45) is 0. The van der Waals surface area contributed by atoms with Crippen LogP contribution in [0.3, 0.4) is 0 Å². The number of hydrogen-bond donors (Lipinski definition) is 1. The summed E-state index contributed by atoms with van der Waals surface area (Å²) in [6.45, 7) is 11.9. The standard InChI is InChI=1S/C13H25N3S/c1-10(2)6-14-7-12-9-17-13(15-12)16(5)8-11(3)4/h9-11,14H,6-8H2,1-5H3. The van der Waals surface area contributed by atoms with Gasteiger partial charge in [-0.2, -0.15) is 0 Å². The van der Waals surface area contributed by atoms with Crippen molar-refractivity contribution in [1.29, 1.82) is 0 Å². The van der Waals surface area contributed by atoms with E-state index in [4.69, 9.17) is 0 Å². The van der Waals surface area contributed by atoms with E-state index >= 15 is 0 Å². The molecule has 0 aromatic carbocycles. The van der Waals surface area contributed by atoms with Crippen molar-refractivity contribution < 1.29 is 0 Å². The van der Waals surface area contributed by atoms with Crippen LogP contribution < -0.4 is 10.2 Å². The predicted octanol–water partition coefficient (Wildman–Crippen LogP) is 2.98. The van der Waals surface area contributed by atoms with Gasteiger partial charge in [-0.15, -0.1) is 11.3 Å². The van der Waals surface area contributed by atoms with Crippen LogP contribution in [-0.2, 0) is 6.54 Å². The Balaban J connectivity index is 2.42. The molecule has 0 aliphatic carbocycles. The first-order valence-electron chi connectivity index (χ1n) is 6.35. The zero-order chi connectivity index (χ0) is 12.8. The highest BCUT2D eigenvalue weighted by Crippen LogP contribution is 2.20. The van der Waals surface area contributed by atoms with Crippen LogP contribution in [0.15, 0.2) is 5.38 Å². The molecule has 0 fully saturated rings. The minimum Gasteiger partial charge on any atom is -0.351 e. The Morgan fingerprint density at radius 2 is 2.00 bits per heavy atom.